The first-order valence-corrected chi connectivity index (χ1v) is 9.42. The topological polar surface area (TPSA) is 59.0 Å². The predicted molar refractivity (Wildman–Crippen MR) is 101 cm³/mol. The molecular formula is C19H25N3O2S. The van der Waals surface area contributed by atoms with E-state index >= 15 is 0 Å². The minimum absolute atomic E-state index is 0.131. The van der Waals surface area contributed by atoms with Crippen LogP contribution in [0.1, 0.15) is 49.0 Å². The summed E-state index contributed by atoms with van der Waals surface area (Å²) < 4.78 is 8.15. The van der Waals surface area contributed by atoms with Gasteiger partial charge in [-0.1, -0.05) is 37.5 Å². The van der Waals surface area contributed by atoms with Crippen molar-refractivity contribution in [2.24, 2.45) is 0 Å². The molecule has 1 aromatic heterocycles. The van der Waals surface area contributed by atoms with E-state index in [-0.39, 0.29) is 5.91 Å². The average molecular weight is 359 g/mol. The Morgan fingerprint density at radius 3 is 2.76 bits per heavy atom. The smallest absolute Gasteiger partial charge is 0.269 e. The van der Waals surface area contributed by atoms with Gasteiger partial charge in [0.25, 0.3) is 5.91 Å². The van der Waals surface area contributed by atoms with Gasteiger partial charge in [0, 0.05) is 25.0 Å². The van der Waals surface area contributed by atoms with Crippen LogP contribution in [0.5, 0.6) is 0 Å². The molecule has 1 amide bonds. The molecule has 0 spiro atoms. The Morgan fingerprint density at radius 1 is 1.24 bits per heavy atom. The Morgan fingerprint density at radius 2 is 2.00 bits per heavy atom. The van der Waals surface area contributed by atoms with Gasteiger partial charge >= 0.3 is 0 Å². The number of carbonyl (C=O) groups is 1. The molecule has 0 radical (unpaired) electrons. The van der Waals surface area contributed by atoms with Crippen molar-refractivity contribution in [3.63, 3.8) is 0 Å². The van der Waals surface area contributed by atoms with Crippen molar-refractivity contribution >= 4 is 18.1 Å². The molecule has 0 saturated heterocycles. The quantitative estimate of drug-likeness (QED) is 0.580. The molecule has 5 nitrogen and oxygen atoms in total. The first-order valence-electron chi connectivity index (χ1n) is 9.01. The summed E-state index contributed by atoms with van der Waals surface area (Å²) in [5.74, 6) is -0.131. The van der Waals surface area contributed by atoms with Gasteiger partial charge in [0.2, 0.25) is 0 Å². The van der Waals surface area contributed by atoms with Crippen LogP contribution in [0.4, 0.5) is 0 Å². The monoisotopic (exact) mass is 359 g/mol. The maximum absolute atomic E-state index is 12.5. The first-order chi connectivity index (χ1) is 12.3. The van der Waals surface area contributed by atoms with Gasteiger partial charge in [-0.05, 0) is 43.6 Å². The third-order valence-electron chi connectivity index (χ3n) is 4.54. The molecule has 0 unspecified atom stereocenters. The van der Waals surface area contributed by atoms with Crippen molar-refractivity contribution in [3.05, 3.63) is 47.0 Å². The Kier molecular flexibility index (Phi) is 6.42. The number of rotatable bonds is 7. The number of H-pyrrole nitrogens is 1. The Bertz CT molecular complexity index is 733. The Labute approximate surface area is 153 Å². The highest BCUT2D eigenvalue weighted by Crippen LogP contribution is 2.20. The summed E-state index contributed by atoms with van der Waals surface area (Å²) in [6.45, 7) is 1.29. The molecule has 3 rings (SSSR count). The number of imidazole rings is 1. The molecule has 1 aliphatic rings. The lowest BCUT2D eigenvalue weighted by Crippen LogP contribution is -2.28. The number of nitrogens with zero attached hydrogens (tertiary/aromatic N) is 1. The molecule has 0 atom stereocenters. The third-order valence-corrected chi connectivity index (χ3v) is 4.84. The maximum atomic E-state index is 12.5. The number of benzene rings is 1. The highest BCUT2D eigenvalue weighted by atomic mass is 32.1. The van der Waals surface area contributed by atoms with Gasteiger partial charge in [0.15, 0.2) is 4.77 Å². The lowest BCUT2D eigenvalue weighted by Gasteiger charge is -2.21. The summed E-state index contributed by atoms with van der Waals surface area (Å²) in [5, 5.41) is 2.95. The number of amides is 1. The second kappa shape index (κ2) is 8.97. The second-order valence-corrected chi connectivity index (χ2v) is 6.78. The predicted octanol–water partition coefficient (Wildman–Crippen LogP) is 4.00. The summed E-state index contributed by atoms with van der Waals surface area (Å²) in [4.78, 5) is 15.4. The minimum Gasteiger partial charge on any atom is -0.378 e. The zero-order chi connectivity index (χ0) is 17.5. The van der Waals surface area contributed by atoms with E-state index in [4.69, 9.17) is 17.0 Å². The van der Waals surface area contributed by atoms with Gasteiger partial charge in [-0.25, -0.2) is 0 Å². The molecule has 1 fully saturated rings. The third kappa shape index (κ3) is 4.80. The van der Waals surface area contributed by atoms with E-state index in [1.165, 1.54) is 32.1 Å². The number of hydrogen-bond donors (Lipinski definition) is 2. The highest BCUT2D eigenvalue weighted by molar-refractivity contribution is 7.71. The van der Waals surface area contributed by atoms with Crippen LogP contribution < -0.4 is 5.32 Å². The molecule has 1 saturated carbocycles. The standard InChI is InChI=1S/C19H25N3O2S/c23-18(20-12-7-13-24-16-10-5-2-6-11-16)17-14-21-19(25)22(17)15-8-3-1-4-9-15/h1,3-4,8-9,14,16H,2,5-7,10-13H2,(H,20,23)(H,21,25). The van der Waals surface area contributed by atoms with E-state index in [1.807, 2.05) is 30.3 Å². The van der Waals surface area contributed by atoms with Crippen LogP contribution in [0, 0.1) is 4.77 Å². The van der Waals surface area contributed by atoms with E-state index in [0.717, 1.165) is 12.1 Å². The van der Waals surface area contributed by atoms with Crippen LogP contribution in [0.2, 0.25) is 0 Å². The van der Waals surface area contributed by atoms with E-state index in [0.29, 0.717) is 29.7 Å². The zero-order valence-corrected chi connectivity index (χ0v) is 15.2. The van der Waals surface area contributed by atoms with Crippen molar-refractivity contribution in [1.82, 2.24) is 14.9 Å². The summed E-state index contributed by atoms with van der Waals surface area (Å²) in [7, 11) is 0. The number of ether oxygens (including phenoxy) is 1. The molecule has 1 heterocycles. The SMILES string of the molecule is O=C(NCCCOC1CCCCC1)c1c[nH]c(=S)n1-c1ccccc1. The number of aromatic amines is 1. The molecule has 0 bridgehead atoms. The molecule has 1 aromatic carbocycles. The van der Waals surface area contributed by atoms with Crippen molar-refractivity contribution in [2.75, 3.05) is 13.2 Å². The van der Waals surface area contributed by atoms with Crippen LogP contribution in [0.25, 0.3) is 5.69 Å². The summed E-state index contributed by atoms with van der Waals surface area (Å²) in [6, 6.07) is 9.64. The molecule has 1 aliphatic carbocycles. The molecule has 25 heavy (non-hydrogen) atoms. The number of nitrogens with one attached hydrogen (secondary N) is 2. The van der Waals surface area contributed by atoms with E-state index in [9.17, 15) is 4.79 Å². The largest absolute Gasteiger partial charge is 0.378 e. The lowest BCUT2D eigenvalue weighted by atomic mass is 9.98. The van der Waals surface area contributed by atoms with Crippen molar-refractivity contribution < 1.29 is 9.53 Å². The van der Waals surface area contributed by atoms with Crippen LogP contribution in [0.3, 0.4) is 0 Å². The molecule has 6 heteroatoms. The maximum Gasteiger partial charge on any atom is 0.269 e. The summed E-state index contributed by atoms with van der Waals surface area (Å²) >= 11 is 5.31. The fourth-order valence-corrected chi connectivity index (χ4v) is 3.48. The number of para-hydroxylation sites is 1. The van der Waals surface area contributed by atoms with Crippen molar-refractivity contribution in [3.8, 4) is 5.69 Å². The fourth-order valence-electron chi connectivity index (χ4n) is 3.22. The number of aromatic nitrogens is 2. The van der Waals surface area contributed by atoms with Crippen molar-refractivity contribution in [1.29, 1.82) is 0 Å². The molecule has 134 valence electrons. The normalized spacial score (nSPS) is 15.2. The highest BCUT2D eigenvalue weighted by Gasteiger charge is 2.15. The number of hydrogen-bond acceptors (Lipinski definition) is 3. The van der Waals surface area contributed by atoms with Crippen LogP contribution in [0.15, 0.2) is 36.5 Å². The van der Waals surface area contributed by atoms with Gasteiger partial charge < -0.3 is 15.0 Å². The van der Waals surface area contributed by atoms with Gasteiger partial charge in [0.1, 0.15) is 5.69 Å². The Balaban J connectivity index is 1.50. The molecule has 0 aliphatic heterocycles. The van der Waals surface area contributed by atoms with Gasteiger partial charge in [-0.15, -0.1) is 0 Å². The van der Waals surface area contributed by atoms with Gasteiger partial charge in [0.05, 0.1) is 6.10 Å². The van der Waals surface area contributed by atoms with Gasteiger partial charge in [-0.3, -0.25) is 9.36 Å². The first kappa shape index (κ1) is 17.9. The van der Waals surface area contributed by atoms with Crippen LogP contribution >= 0.6 is 12.2 Å². The molecule has 2 N–H and O–H groups in total. The van der Waals surface area contributed by atoms with E-state index in [1.54, 1.807) is 10.8 Å². The minimum atomic E-state index is -0.131. The zero-order valence-electron chi connectivity index (χ0n) is 14.4. The van der Waals surface area contributed by atoms with Crippen LogP contribution in [-0.4, -0.2) is 34.7 Å². The fraction of sp³-hybridized carbons (Fsp3) is 0.474. The van der Waals surface area contributed by atoms with E-state index in [2.05, 4.69) is 10.3 Å². The summed E-state index contributed by atoms with van der Waals surface area (Å²) in [6.07, 6.45) is 9.12. The lowest BCUT2D eigenvalue weighted by molar-refractivity contribution is 0.0273. The number of carbonyl (C=O) groups excluding carboxylic acids is 1. The molecular weight excluding hydrogens is 334 g/mol. The van der Waals surface area contributed by atoms with Crippen LogP contribution in [-0.2, 0) is 4.74 Å². The second-order valence-electron chi connectivity index (χ2n) is 6.39. The summed E-state index contributed by atoms with van der Waals surface area (Å²) in [5.41, 5.74) is 1.39. The average Bonchev–Trinajstić information content (AvgIpc) is 3.04. The Hall–Kier alpha value is -1.92. The van der Waals surface area contributed by atoms with Crippen molar-refractivity contribution in [2.45, 2.75) is 44.6 Å². The van der Waals surface area contributed by atoms with E-state index < -0.39 is 0 Å². The van der Waals surface area contributed by atoms with Gasteiger partial charge in [-0.2, -0.15) is 0 Å². The molecule has 2 aromatic rings.